The van der Waals surface area contributed by atoms with Gasteiger partial charge < -0.3 is 0 Å². The minimum Gasteiger partial charge on any atom is -0.209 e. The van der Waals surface area contributed by atoms with Crippen LogP contribution in [0.5, 0.6) is 0 Å². The second-order valence-electron chi connectivity index (χ2n) is 5.27. The van der Waals surface area contributed by atoms with E-state index in [0.29, 0.717) is 12.0 Å². The van der Waals surface area contributed by atoms with Gasteiger partial charge in [-0.3, -0.25) is 0 Å². The topological polar surface area (TPSA) is 0 Å². The number of benzene rings is 2. The van der Waals surface area contributed by atoms with Gasteiger partial charge in [0.05, 0.1) is 0 Å². The number of unbranched alkanes of at least 4 members (excludes halogenated alkanes) is 1. The van der Waals surface area contributed by atoms with Gasteiger partial charge in [0.15, 0.2) is 5.83 Å². The number of hydrogen-bond acceptors (Lipinski definition) is 0. The number of allylic oxidation sites excluding steroid dienone is 1. The van der Waals surface area contributed by atoms with Crippen LogP contribution in [0.3, 0.4) is 0 Å². The summed E-state index contributed by atoms with van der Waals surface area (Å²) in [6.45, 7) is 3.99. The molecular formula is C19H20F2. The van der Waals surface area contributed by atoms with Crippen molar-refractivity contribution in [2.45, 2.75) is 33.1 Å². The van der Waals surface area contributed by atoms with E-state index in [2.05, 4.69) is 0 Å². The summed E-state index contributed by atoms with van der Waals surface area (Å²) in [7, 11) is 0. The maximum atomic E-state index is 13.9. The molecule has 0 aromatic heterocycles. The Balaban J connectivity index is 2.20. The van der Waals surface area contributed by atoms with Gasteiger partial charge in [-0.05, 0) is 24.5 Å². The summed E-state index contributed by atoms with van der Waals surface area (Å²) in [6, 6.07) is 15.0. The molecule has 110 valence electrons. The Morgan fingerprint density at radius 1 is 0.857 bits per heavy atom. The number of halogens is 2. The van der Waals surface area contributed by atoms with Crippen molar-refractivity contribution in [2.75, 3.05) is 0 Å². The van der Waals surface area contributed by atoms with Crippen molar-refractivity contribution in [2.24, 2.45) is 0 Å². The number of hydrogen-bond donors (Lipinski definition) is 0. The summed E-state index contributed by atoms with van der Waals surface area (Å²) in [6.07, 6.45) is 1.69. The highest BCUT2D eigenvalue weighted by molar-refractivity contribution is 5.68. The van der Waals surface area contributed by atoms with E-state index in [-0.39, 0.29) is 6.42 Å². The Morgan fingerprint density at radius 2 is 1.38 bits per heavy atom. The van der Waals surface area contributed by atoms with Gasteiger partial charge in [0.25, 0.3) is 0 Å². The van der Waals surface area contributed by atoms with Crippen molar-refractivity contribution in [3.05, 3.63) is 65.5 Å². The van der Waals surface area contributed by atoms with Gasteiger partial charge in [-0.1, -0.05) is 67.4 Å². The maximum absolute atomic E-state index is 13.9. The second-order valence-corrected chi connectivity index (χ2v) is 5.27. The lowest BCUT2D eigenvalue weighted by atomic mass is 10.0. The zero-order valence-corrected chi connectivity index (χ0v) is 12.5. The summed E-state index contributed by atoms with van der Waals surface area (Å²) in [5.74, 6) is -1.39. The highest BCUT2D eigenvalue weighted by Crippen LogP contribution is 2.27. The highest BCUT2D eigenvalue weighted by atomic mass is 19.2. The van der Waals surface area contributed by atoms with E-state index >= 15 is 0 Å². The van der Waals surface area contributed by atoms with Gasteiger partial charge in [0.1, 0.15) is 5.83 Å². The van der Waals surface area contributed by atoms with Gasteiger partial charge in [-0.15, -0.1) is 0 Å². The smallest absolute Gasteiger partial charge is 0.161 e. The van der Waals surface area contributed by atoms with Gasteiger partial charge in [0, 0.05) is 12.0 Å². The molecule has 0 amide bonds. The summed E-state index contributed by atoms with van der Waals surface area (Å²) in [5.41, 5.74) is 3.57. The van der Waals surface area contributed by atoms with Crippen molar-refractivity contribution in [3.8, 4) is 11.1 Å². The van der Waals surface area contributed by atoms with Gasteiger partial charge >= 0.3 is 0 Å². The monoisotopic (exact) mass is 286 g/mol. The molecule has 0 heterocycles. The molecule has 0 fully saturated rings. The summed E-state index contributed by atoms with van der Waals surface area (Å²) in [5, 5.41) is 0. The van der Waals surface area contributed by atoms with Crippen molar-refractivity contribution in [1.29, 1.82) is 0 Å². The Bertz CT molecular complexity index is 607. The molecule has 0 aliphatic rings. The Labute approximate surface area is 125 Å². The van der Waals surface area contributed by atoms with Gasteiger partial charge in [-0.2, -0.15) is 0 Å². The Hall–Kier alpha value is -1.96. The molecule has 0 saturated heterocycles. The first-order chi connectivity index (χ1) is 10.1. The molecule has 2 heteroatoms. The average molecular weight is 286 g/mol. The lowest BCUT2D eigenvalue weighted by molar-refractivity contribution is 0.548. The predicted molar refractivity (Wildman–Crippen MR) is 85.3 cm³/mol. The fraction of sp³-hybridized carbons (Fsp3) is 0.263. The molecule has 0 atom stereocenters. The third kappa shape index (κ3) is 4.01. The molecule has 21 heavy (non-hydrogen) atoms. The van der Waals surface area contributed by atoms with Crippen LogP contribution in [0.15, 0.2) is 54.4 Å². The average Bonchev–Trinajstić information content (AvgIpc) is 2.53. The molecule has 0 aliphatic carbocycles. The van der Waals surface area contributed by atoms with Crippen LogP contribution in [-0.4, -0.2) is 0 Å². The highest BCUT2D eigenvalue weighted by Gasteiger charge is 2.09. The zero-order chi connectivity index (χ0) is 15.2. The molecule has 0 bridgehead atoms. The van der Waals surface area contributed by atoms with Crippen LogP contribution in [0.4, 0.5) is 8.78 Å². The first kappa shape index (κ1) is 15.4. The number of aryl methyl sites for hydroxylation is 1. The quantitative estimate of drug-likeness (QED) is 0.591. The first-order valence-electron chi connectivity index (χ1n) is 7.33. The molecule has 0 N–H and O–H groups in total. The molecule has 0 aliphatic heterocycles. The molecule has 2 aromatic rings. The molecule has 0 unspecified atom stereocenters. The second kappa shape index (κ2) is 7.16. The van der Waals surface area contributed by atoms with Crippen LogP contribution in [0.1, 0.15) is 37.3 Å². The van der Waals surface area contributed by atoms with E-state index in [9.17, 15) is 8.78 Å². The first-order valence-corrected chi connectivity index (χ1v) is 7.33. The lowest BCUT2D eigenvalue weighted by Crippen LogP contribution is -1.85. The van der Waals surface area contributed by atoms with Crippen LogP contribution in [-0.2, 0) is 0 Å². The normalized spacial score (nSPS) is 12.2. The van der Waals surface area contributed by atoms with E-state index in [1.165, 1.54) is 5.56 Å². The fourth-order valence-corrected chi connectivity index (χ4v) is 2.15. The number of rotatable bonds is 5. The standard InChI is InChI=1S/C19H20F2/c1-3-4-5-18(20)19(21)17-12-10-16(11-13-17)15-8-6-14(2)7-9-15/h6-13H,3-5H2,1-2H3/b19-18+. The van der Waals surface area contributed by atoms with E-state index in [4.69, 9.17) is 0 Å². The van der Waals surface area contributed by atoms with Crippen molar-refractivity contribution >= 4 is 5.83 Å². The Kier molecular flexibility index (Phi) is 5.26. The van der Waals surface area contributed by atoms with Crippen LogP contribution >= 0.6 is 0 Å². The zero-order valence-electron chi connectivity index (χ0n) is 12.5. The van der Waals surface area contributed by atoms with Crippen LogP contribution in [0, 0.1) is 6.92 Å². The van der Waals surface area contributed by atoms with E-state index < -0.39 is 11.7 Å². The third-order valence-electron chi connectivity index (χ3n) is 3.51. The molecule has 0 radical (unpaired) electrons. The summed E-state index contributed by atoms with van der Waals surface area (Å²) >= 11 is 0. The maximum Gasteiger partial charge on any atom is 0.161 e. The van der Waals surface area contributed by atoms with Gasteiger partial charge in [0.2, 0.25) is 0 Å². The molecule has 0 spiro atoms. The molecule has 2 aromatic carbocycles. The van der Waals surface area contributed by atoms with Crippen LogP contribution < -0.4 is 0 Å². The fourth-order valence-electron chi connectivity index (χ4n) is 2.15. The van der Waals surface area contributed by atoms with Crippen molar-refractivity contribution < 1.29 is 8.78 Å². The molecular weight excluding hydrogens is 266 g/mol. The largest absolute Gasteiger partial charge is 0.209 e. The molecule has 0 saturated carbocycles. The van der Waals surface area contributed by atoms with Gasteiger partial charge in [-0.25, -0.2) is 8.78 Å². The van der Waals surface area contributed by atoms with Crippen LogP contribution in [0.25, 0.3) is 17.0 Å². The summed E-state index contributed by atoms with van der Waals surface area (Å²) in [4.78, 5) is 0. The van der Waals surface area contributed by atoms with Crippen LogP contribution in [0.2, 0.25) is 0 Å². The SMILES string of the molecule is CCCC/C(F)=C(\F)c1ccc(-c2ccc(C)cc2)cc1. The van der Waals surface area contributed by atoms with Crippen molar-refractivity contribution in [3.63, 3.8) is 0 Å². The predicted octanol–water partition coefficient (Wildman–Crippen LogP) is 6.46. The third-order valence-corrected chi connectivity index (χ3v) is 3.51. The summed E-state index contributed by atoms with van der Waals surface area (Å²) < 4.78 is 27.6. The minimum atomic E-state index is -0.737. The lowest BCUT2D eigenvalue weighted by Gasteiger charge is -2.05. The van der Waals surface area contributed by atoms with E-state index in [1.54, 1.807) is 12.1 Å². The Morgan fingerprint density at radius 3 is 1.90 bits per heavy atom. The van der Waals surface area contributed by atoms with E-state index in [0.717, 1.165) is 17.5 Å². The molecule has 0 nitrogen and oxygen atoms in total. The van der Waals surface area contributed by atoms with E-state index in [1.807, 2.05) is 50.2 Å². The minimum absolute atomic E-state index is 0.169. The molecule has 2 rings (SSSR count). The van der Waals surface area contributed by atoms with Crippen molar-refractivity contribution in [1.82, 2.24) is 0 Å².